The number of anilines is 2. The zero-order chi connectivity index (χ0) is 20.8. The Morgan fingerprint density at radius 2 is 1.60 bits per heavy atom. The van der Waals surface area contributed by atoms with Crippen molar-refractivity contribution in [3.8, 4) is 11.5 Å². The Hall–Kier alpha value is -3.31. The molecule has 1 aliphatic heterocycles. The van der Waals surface area contributed by atoms with Crippen LogP contribution in [0.25, 0.3) is 0 Å². The first-order chi connectivity index (χ1) is 14.7. The van der Waals surface area contributed by atoms with Crippen LogP contribution in [0.1, 0.15) is 28.8 Å². The molecule has 1 fully saturated rings. The molecule has 1 heterocycles. The average molecular weight is 402 g/mol. The monoisotopic (exact) mass is 402 g/mol. The van der Waals surface area contributed by atoms with Gasteiger partial charge in [0.15, 0.2) is 0 Å². The van der Waals surface area contributed by atoms with Crippen molar-refractivity contribution in [2.24, 2.45) is 0 Å². The molecule has 0 atom stereocenters. The highest BCUT2D eigenvalue weighted by Crippen LogP contribution is 2.23. The van der Waals surface area contributed by atoms with Gasteiger partial charge in [-0.15, -0.1) is 0 Å². The summed E-state index contributed by atoms with van der Waals surface area (Å²) < 4.78 is 11.3. The Labute approximate surface area is 177 Å². The van der Waals surface area contributed by atoms with Gasteiger partial charge in [-0.25, -0.2) is 0 Å². The summed E-state index contributed by atoms with van der Waals surface area (Å²) in [6.07, 6.45) is 2.03. The predicted molar refractivity (Wildman–Crippen MR) is 120 cm³/mol. The van der Waals surface area contributed by atoms with Gasteiger partial charge in [0.25, 0.3) is 5.91 Å². The van der Waals surface area contributed by atoms with E-state index in [1.165, 1.54) is 5.56 Å². The van der Waals surface area contributed by atoms with Crippen LogP contribution < -0.4 is 15.4 Å². The summed E-state index contributed by atoms with van der Waals surface area (Å²) in [5.74, 6) is 1.20. The largest absolute Gasteiger partial charge is 0.457 e. The van der Waals surface area contributed by atoms with Crippen molar-refractivity contribution in [2.45, 2.75) is 25.8 Å². The molecule has 4 rings (SSSR count). The number of hydrogen-bond donors (Lipinski definition) is 2. The van der Waals surface area contributed by atoms with Crippen LogP contribution in [0.3, 0.4) is 0 Å². The van der Waals surface area contributed by atoms with Crippen molar-refractivity contribution in [3.63, 3.8) is 0 Å². The lowest BCUT2D eigenvalue weighted by Crippen LogP contribution is -2.27. The molecule has 0 unspecified atom stereocenters. The van der Waals surface area contributed by atoms with Crippen LogP contribution in [0, 0.1) is 6.92 Å². The summed E-state index contributed by atoms with van der Waals surface area (Å²) >= 11 is 0. The van der Waals surface area contributed by atoms with Gasteiger partial charge in [0.1, 0.15) is 11.5 Å². The summed E-state index contributed by atoms with van der Waals surface area (Å²) in [5.41, 5.74) is 3.52. The highest BCUT2D eigenvalue weighted by molar-refractivity contribution is 6.04. The molecule has 3 aromatic carbocycles. The van der Waals surface area contributed by atoms with Gasteiger partial charge in [-0.2, -0.15) is 0 Å². The topological polar surface area (TPSA) is 59.6 Å². The molecular weight excluding hydrogens is 376 g/mol. The van der Waals surface area contributed by atoms with Crippen LogP contribution in [0.2, 0.25) is 0 Å². The first-order valence-electron chi connectivity index (χ1n) is 10.3. The number of benzene rings is 3. The summed E-state index contributed by atoms with van der Waals surface area (Å²) in [6, 6.07) is 23.2. The number of carbonyl (C=O) groups is 1. The van der Waals surface area contributed by atoms with Gasteiger partial charge in [0, 0.05) is 36.2 Å². The smallest absolute Gasteiger partial charge is 0.255 e. The molecule has 0 saturated carbocycles. The van der Waals surface area contributed by atoms with Crippen molar-refractivity contribution in [1.29, 1.82) is 0 Å². The average Bonchev–Trinajstić information content (AvgIpc) is 2.78. The fourth-order valence-electron chi connectivity index (χ4n) is 3.37. The van der Waals surface area contributed by atoms with E-state index >= 15 is 0 Å². The van der Waals surface area contributed by atoms with Crippen molar-refractivity contribution >= 4 is 17.3 Å². The fraction of sp³-hybridized carbons (Fsp3) is 0.240. The standard InChI is InChI=1S/C25H26N2O3/c1-18-5-11-23(12-6-18)30-24-4-2-3-19(17-24)25(28)27-21-9-7-20(8-10-21)26-22-13-15-29-16-14-22/h2-12,17,22,26H,13-16H2,1H3,(H,27,28). The normalized spacial score (nSPS) is 14.2. The maximum Gasteiger partial charge on any atom is 0.255 e. The summed E-state index contributed by atoms with van der Waals surface area (Å²) in [4.78, 5) is 12.7. The van der Waals surface area contributed by atoms with E-state index in [1.807, 2.05) is 67.6 Å². The Morgan fingerprint density at radius 3 is 2.33 bits per heavy atom. The molecule has 0 spiro atoms. The molecule has 2 N–H and O–H groups in total. The van der Waals surface area contributed by atoms with Crippen molar-refractivity contribution in [1.82, 2.24) is 0 Å². The minimum Gasteiger partial charge on any atom is -0.457 e. The molecule has 0 bridgehead atoms. The molecular formula is C25H26N2O3. The third-order valence-electron chi connectivity index (χ3n) is 5.09. The Bertz CT molecular complexity index is 978. The summed E-state index contributed by atoms with van der Waals surface area (Å²) in [5, 5.41) is 6.46. The SMILES string of the molecule is Cc1ccc(Oc2cccc(C(=O)Nc3ccc(NC4CCOCC4)cc3)c2)cc1. The molecule has 5 heteroatoms. The van der Waals surface area contributed by atoms with Crippen molar-refractivity contribution in [3.05, 3.63) is 83.9 Å². The minimum atomic E-state index is -0.172. The van der Waals surface area contributed by atoms with Crippen LogP contribution in [-0.2, 0) is 4.74 Å². The summed E-state index contributed by atoms with van der Waals surface area (Å²) in [6.45, 7) is 3.64. The predicted octanol–water partition coefficient (Wildman–Crippen LogP) is 5.63. The van der Waals surface area contributed by atoms with E-state index < -0.39 is 0 Å². The van der Waals surface area contributed by atoms with E-state index in [9.17, 15) is 4.79 Å². The Kier molecular flexibility index (Phi) is 6.30. The van der Waals surface area contributed by atoms with E-state index in [0.29, 0.717) is 17.4 Å². The van der Waals surface area contributed by atoms with Crippen LogP contribution in [0.4, 0.5) is 11.4 Å². The van der Waals surface area contributed by atoms with Crippen molar-refractivity contribution in [2.75, 3.05) is 23.8 Å². The number of ether oxygens (including phenoxy) is 2. The van der Waals surface area contributed by atoms with Crippen LogP contribution in [0.5, 0.6) is 11.5 Å². The lowest BCUT2D eigenvalue weighted by Gasteiger charge is -2.24. The number of nitrogens with one attached hydrogen (secondary N) is 2. The zero-order valence-corrected chi connectivity index (χ0v) is 17.1. The Balaban J connectivity index is 1.36. The second-order valence-electron chi connectivity index (χ2n) is 7.51. The maximum absolute atomic E-state index is 12.7. The molecule has 5 nitrogen and oxygen atoms in total. The first-order valence-corrected chi connectivity index (χ1v) is 10.3. The summed E-state index contributed by atoms with van der Waals surface area (Å²) in [7, 11) is 0. The van der Waals surface area contributed by atoms with E-state index in [-0.39, 0.29) is 5.91 Å². The lowest BCUT2D eigenvalue weighted by molar-refractivity contribution is 0.0904. The number of amides is 1. The molecule has 0 radical (unpaired) electrons. The molecule has 154 valence electrons. The van der Waals surface area contributed by atoms with Crippen molar-refractivity contribution < 1.29 is 14.3 Å². The molecule has 3 aromatic rings. The van der Waals surface area contributed by atoms with Crippen LogP contribution in [0.15, 0.2) is 72.8 Å². The highest BCUT2D eigenvalue weighted by Gasteiger charge is 2.13. The third-order valence-corrected chi connectivity index (χ3v) is 5.09. The first kappa shape index (κ1) is 20.0. The van der Waals surface area contributed by atoms with Gasteiger partial charge in [-0.05, 0) is 74.4 Å². The Morgan fingerprint density at radius 1 is 0.900 bits per heavy atom. The molecule has 30 heavy (non-hydrogen) atoms. The third kappa shape index (κ3) is 5.39. The van der Waals surface area contributed by atoms with Gasteiger partial charge in [-0.3, -0.25) is 4.79 Å². The molecule has 1 amide bonds. The second-order valence-corrected chi connectivity index (χ2v) is 7.51. The van der Waals surface area contributed by atoms with E-state index in [1.54, 1.807) is 12.1 Å². The number of rotatable bonds is 6. The van der Waals surface area contributed by atoms with Gasteiger partial charge in [0.2, 0.25) is 0 Å². The molecule has 1 saturated heterocycles. The second kappa shape index (κ2) is 9.46. The van der Waals surface area contributed by atoms with E-state index in [2.05, 4.69) is 10.6 Å². The molecule has 0 aliphatic carbocycles. The lowest BCUT2D eigenvalue weighted by atomic mass is 10.1. The van der Waals surface area contributed by atoms with Crippen LogP contribution >= 0.6 is 0 Å². The van der Waals surface area contributed by atoms with Crippen LogP contribution in [-0.4, -0.2) is 25.2 Å². The van der Waals surface area contributed by atoms with E-state index in [4.69, 9.17) is 9.47 Å². The molecule has 0 aromatic heterocycles. The fourth-order valence-corrected chi connectivity index (χ4v) is 3.37. The number of carbonyl (C=O) groups excluding carboxylic acids is 1. The quantitative estimate of drug-likeness (QED) is 0.561. The number of aryl methyl sites for hydroxylation is 1. The van der Waals surface area contributed by atoms with E-state index in [0.717, 1.165) is 43.2 Å². The van der Waals surface area contributed by atoms with Gasteiger partial charge < -0.3 is 20.1 Å². The highest BCUT2D eigenvalue weighted by atomic mass is 16.5. The van der Waals surface area contributed by atoms with Gasteiger partial charge >= 0.3 is 0 Å². The van der Waals surface area contributed by atoms with Gasteiger partial charge in [-0.1, -0.05) is 23.8 Å². The maximum atomic E-state index is 12.7. The van der Waals surface area contributed by atoms with Gasteiger partial charge in [0.05, 0.1) is 0 Å². The minimum absolute atomic E-state index is 0.172. The molecule has 1 aliphatic rings. The number of hydrogen-bond acceptors (Lipinski definition) is 4. The zero-order valence-electron chi connectivity index (χ0n) is 17.1.